The van der Waals surface area contributed by atoms with Crippen LogP contribution in [0, 0.1) is 34.1 Å². The van der Waals surface area contributed by atoms with E-state index in [1.165, 1.54) is 0 Å². The zero-order valence-corrected chi connectivity index (χ0v) is 14.8. The van der Waals surface area contributed by atoms with Crippen molar-refractivity contribution in [1.29, 1.82) is 0 Å². The molecule has 0 amide bonds. The summed E-state index contributed by atoms with van der Waals surface area (Å²) >= 11 is 0. The monoisotopic (exact) mass is 338 g/mol. The minimum absolute atomic E-state index is 0.0446. The van der Waals surface area contributed by atoms with Gasteiger partial charge in [0.2, 0.25) is 0 Å². The summed E-state index contributed by atoms with van der Waals surface area (Å²) in [6.07, 6.45) is 3.82. The molecule has 2 bridgehead atoms. The average Bonchev–Trinajstić information content (AvgIpc) is 2.47. The van der Waals surface area contributed by atoms with Gasteiger partial charge in [0.15, 0.2) is 23.3 Å². The molecule has 0 radical (unpaired) electrons. The van der Waals surface area contributed by atoms with Gasteiger partial charge in [0.05, 0.1) is 0 Å². The molecular formula is C20H22F4. The highest BCUT2D eigenvalue weighted by Gasteiger charge is 2.46. The SMILES string of the molecule is CC(C)(C)C1=C[C@@H]2C(C(C)(C)C)=C[C@H]1c1c(F)c(F)c(F)c(F)c12. The standard InChI is InChI=1S/C20H22F4/c1-19(2,3)11-7-10-12(20(4,5)6)8-9(11)13-14(10)16(22)18(24)17(23)15(13)21/h7-10H,1-6H3/t9-,10-/m1/s1. The summed E-state index contributed by atoms with van der Waals surface area (Å²) < 4.78 is 56.7. The van der Waals surface area contributed by atoms with Gasteiger partial charge >= 0.3 is 0 Å². The van der Waals surface area contributed by atoms with Crippen molar-refractivity contribution in [2.45, 2.75) is 53.4 Å². The Morgan fingerprint density at radius 2 is 0.875 bits per heavy atom. The highest BCUT2D eigenvalue weighted by molar-refractivity contribution is 5.59. The molecule has 4 rings (SSSR count). The Balaban J connectivity index is 2.35. The maximum absolute atomic E-state index is 14.5. The highest BCUT2D eigenvalue weighted by Crippen LogP contribution is 2.57. The van der Waals surface area contributed by atoms with Crippen molar-refractivity contribution in [1.82, 2.24) is 0 Å². The summed E-state index contributed by atoms with van der Waals surface area (Å²) in [7, 11) is 0. The van der Waals surface area contributed by atoms with Crippen LogP contribution in [0.3, 0.4) is 0 Å². The van der Waals surface area contributed by atoms with Gasteiger partial charge in [-0.05, 0) is 10.8 Å². The van der Waals surface area contributed by atoms with E-state index in [1.54, 1.807) is 0 Å². The van der Waals surface area contributed by atoms with Crippen LogP contribution in [0.25, 0.3) is 0 Å². The fourth-order valence-electron chi connectivity index (χ4n) is 3.93. The molecule has 0 fully saturated rings. The van der Waals surface area contributed by atoms with Gasteiger partial charge in [-0.3, -0.25) is 0 Å². The van der Waals surface area contributed by atoms with Crippen molar-refractivity contribution in [3.63, 3.8) is 0 Å². The van der Waals surface area contributed by atoms with Crippen molar-refractivity contribution in [3.05, 3.63) is 57.7 Å². The van der Waals surface area contributed by atoms with Gasteiger partial charge < -0.3 is 0 Å². The molecular weight excluding hydrogens is 316 g/mol. The van der Waals surface area contributed by atoms with E-state index in [1.807, 2.05) is 53.7 Å². The normalized spacial score (nSPS) is 23.1. The molecule has 0 spiro atoms. The van der Waals surface area contributed by atoms with E-state index in [2.05, 4.69) is 0 Å². The van der Waals surface area contributed by atoms with Crippen molar-refractivity contribution in [3.8, 4) is 0 Å². The minimum Gasteiger partial charge on any atom is -0.203 e. The Morgan fingerprint density at radius 3 is 1.12 bits per heavy atom. The number of rotatable bonds is 0. The third-order valence-corrected chi connectivity index (χ3v) is 5.06. The maximum atomic E-state index is 14.5. The number of hydrogen-bond acceptors (Lipinski definition) is 0. The van der Waals surface area contributed by atoms with E-state index in [4.69, 9.17) is 0 Å². The van der Waals surface area contributed by atoms with Crippen molar-refractivity contribution in [2.75, 3.05) is 0 Å². The van der Waals surface area contributed by atoms with Gasteiger partial charge in [-0.1, -0.05) is 64.8 Å². The first kappa shape index (κ1) is 17.2. The van der Waals surface area contributed by atoms with Gasteiger partial charge in [0, 0.05) is 23.0 Å². The number of allylic oxidation sites excluding steroid dienone is 4. The second-order valence-electron chi connectivity index (χ2n) is 8.78. The Labute approximate surface area is 140 Å². The lowest BCUT2D eigenvalue weighted by molar-refractivity contribution is 0.374. The van der Waals surface area contributed by atoms with E-state index < -0.39 is 35.1 Å². The van der Waals surface area contributed by atoms with Crippen LogP contribution in [0.15, 0.2) is 23.3 Å². The number of halogens is 4. The first-order chi connectivity index (χ1) is 10.9. The van der Waals surface area contributed by atoms with Gasteiger partial charge in [-0.25, -0.2) is 17.6 Å². The molecule has 130 valence electrons. The lowest BCUT2D eigenvalue weighted by Gasteiger charge is -2.45. The fraction of sp³-hybridized carbons (Fsp3) is 0.500. The Kier molecular flexibility index (Phi) is 3.57. The first-order valence-electron chi connectivity index (χ1n) is 8.15. The summed E-state index contributed by atoms with van der Waals surface area (Å²) in [5.41, 5.74) is 1.17. The predicted octanol–water partition coefficient (Wildman–Crippen LogP) is 6.38. The smallest absolute Gasteiger partial charge is 0.197 e. The summed E-state index contributed by atoms with van der Waals surface area (Å²) in [5.74, 6) is -7.11. The zero-order chi connectivity index (χ0) is 18.2. The predicted molar refractivity (Wildman–Crippen MR) is 86.8 cm³/mol. The molecule has 3 aliphatic rings. The van der Waals surface area contributed by atoms with Crippen LogP contribution in [0.1, 0.15) is 64.5 Å². The molecule has 0 saturated heterocycles. The second kappa shape index (κ2) is 4.96. The van der Waals surface area contributed by atoms with Gasteiger partial charge in [-0.2, -0.15) is 0 Å². The van der Waals surface area contributed by atoms with Crippen LogP contribution < -0.4 is 0 Å². The van der Waals surface area contributed by atoms with Crippen LogP contribution in [-0.2, 0) is 0 Å². The molecule has 0 aromatic heterocycles. The second-order valence-corrected chi connectivity index (χ2v) is 8.78. The van der Waals surface area contributed by atoms with Crippen LogP contribution in [0.5, 0.6) is 0 Å². The maximum Gasteiger partial charge on any atom is 0.197 e. The van der Waals surface area contributed by atoms with Crippen molar-refractivity contribution < 1.29 is 17.6 Å². The molecule has 0 unspecified atom stereocenters. The van der Waals surface area contributed by atoms with Gasteiger partial charge in [-0.15, -0.1) is 0 Å². The third-order valence-electron chi connectivity index (χ3n) is 5.06. The lowest BCUT2D eigenvalue weighted by Crippen LogP contribution is -2.33. The summed E-state index contributed by atoms with van der Waals surface area (Å²) in [4.78, 5) is 0. The topological polar surface area (TPSA) is 0 Å². The Morgan fingerprint density at radius 1 is 0.583 bits per heavy atom. The number of benzene rings is 1. The Hall–Kier alpha value is -1.58. The van der Waals surface area contributed by atoms with Crippen LogP contribution in [-0.4, -0.2) is 0 Å². The molecule has 2 atom stereocenters. The van der Waals surface area contributed by atoms with E-state index in [0.29, 0.717) is 0 Å². The summed E-state index contributed by atoms with van der Waals surface area (Å²) in [5, 5.41) is 0. The van der Waals surface area contributed by atoms with Crippen molar-refractivity contribution in [2.24, 2.45) is 10.8 Å². The molecule has 1 aromatic rings. The van der Waals surface area contributed by atoms with Crippen LogP contribution in [0.4, 0.5) is 17.6 Å². The zero-order valence-electron chi connectivity index (χ0n) is 14.8. The number of hydrogen-bond donors (Lipinski definition) is 0. The molecule has 4 heteroatoms. The van der Waals surface area contributed by atoms with Crippen molar-refractivity contribution >= 4 is 0 Å². The first-order valence-corrected chi connectivity index (χ1v) is 8.15. The van der Waals surface area contributed by atoms with Gasteiger partial charge in [0.25, 0.3) is 0 Å². The quantitative estimate of drug-likeness (QED) is 0.223. The molecule has 0 nitrogen and oxygen atoms in total. The lowest BCUT2D eigenvalue weighted by atomic mass is 9.59. The molecule has 24 heavy (non-hydrogen) atoms. The Bertz CT molecular complexity index is 719. The molecule has 1 aromatic carbocycles. The molecule has 0 N–H and O–H groups in total. The third kappa shape index (κ3) is 2.26. The van der Waals surface area contributed by atoms with Gasteiger partial charge in [0.1, 0.15) is 0 Å². The van der Waals surface area contributed by atoms with Crippen LogP contribution >= 0.6 is 0 Å². The van der Waals surface area contributed by atoms with E-state index >= 15 is 0 Å². The molecule has 0 saturated carbocycles. The van der Waals surface area contributed by atoms with E-state index in [9.17, 15) is 17.6 Å². The fourth-order valence-corrected chi connectivity index (χ4v) is 3.93. The minimum atomic E-state index is -1.72. The summed E-state index contributed by atoms with van der Waals surface area (Å²) in [6, 6.07) is 0. The molecule has 0 aliphatic heterocycles. The van der Waals surface area contributed by atoms with E-state index in [0.717, 1.165) is 11.1 Å². The largest absolute Gasteiger partial charge is 0.203 e. The summed E-state index contributed by atoms with van der Waals surface area (Å²) in [6.45, 7) is 11.9. The van der Waals surface area contributed by atoms with E-state index in [-0.39, 0.29) is 22.0 Å². The molecule has 3 aliphatic carbocycles. The van der Waals surface area contributed by atoms with Crippen LogP contribution in [0.2, 0.25) is 0 Å². The molecule has 0 heterocycles. The highest BCUT2D eigenvalue weighted by atomic mass is 19.2. The average molecular weight is 338 g/mol.